The predicted octanol–water partition coefficient (Wildman–Crippen LogP) is 5.70. The molecule has 0 N–H and O–H groups in total. The predicted molar refractivity (Wildman–Crippen MR) is 131 cm³/mol. The number of benzene rings is 3. The second-order valence-electron chi connectivity index (χ2n) is 7.09. The van der Waals surface area contributed by atoms with Crippen LogP contribution in [0.3, 0.4) is 0 Å². The van der Waals surface area contributed by atoms with Crippen molar-refractivity contribution in [3.8, 4) is 11.5 Å². The molecule has 1 aliphatic heterocycles. The lowest BCUT2D eigenvalue weighted by Crippen LogP contribution is -2.27. The van der Waals surface area contributed by atoms with Crippen molar-refractivity contribution in [1.82, 2.24) is 4.90 Å². The third kappa shape index (κ3) is 5.11. The van der Waals surface area contributed by atoms with Gasteiger partial charge in [0, 0.05) is 6.07 Å². The lowest BCUT2D eigenvalue weighted by molar-refractivity contribution is -0.394. The number of carbonyl (C=O) groups excluding carboxylic acids is 1. The molecule has 9 nitrogen and oxygen atoms in total. The van der Waals surface area contributed by atoms with Gasteiger partial charge in [-0.05, 0) is 35.4 Å². The number of nitro groups is 2. The van der Waals surface area contributed by atoms with Gasteiger partial charge in [0.2, 0.25) is 5.75 Å². The molecule has 0 aromatic heterocycles. The second-order valence-corrected chi connectivity index (χ2v) is 8.77. The highest BCUT2D eigenvalue weighted by Crippen LogP contribution is 2.36. The maximum atomic E-state index is 12.8. The van der Waals surface area contributed by atoms with Gasteiger partial charge in [-0.1, -0.05) is 66.4 Å². The largest absolute Gasteiger partial charge is 0.450 e. The van der Waals surface area contributed by atoms with E-state index in [0.717, 1.165) is 17.7 Å². The Hall–Kier alpha value is -4.09. The molecule has 0 radical (unpaired) electrons. The number of amides is 1. The van der Waals surface area contributed by atoms with E-state index < -0.39 is 21.2 Å². The molecule has 0 bridgehead atoms. The van der Waals surface area contributed by atoms with E-state index in [1.54, 1.807) is 35.2 Å². The summed E-state index contributed by atoms with van der Waals surface area (Å²) in [4.78, 5) is 35.6. The Labute approximate surface area is 202 Å². The fraction of sp³-hybridized carbons (Fsp3) is 0.0435. The van der Waals surface area contributed by atoms with Crippen LogP contribution < -0.4 is 4.74 Å². The molecular formula is C23H15N3O6S2. The van der Waals surface area contributed by atoms with Gasteiger partial charge in [0.05, 0.1) is 27.4 Å². The number of thiocarbonyl (C=S) groups is 1. The van der Waals surface area contributed by atoms with Crippen LogP contribution in [-0.2, 0) is 11.3 Å². The maximum Gasteiger partial charge on any atom is 0.318 e. The van der Waals surface area contributed by atoms with Crippen LogP contribution in [0.25, 0.3) is 6.08 Å². The molecule has 0 aliphatic carbocycles. The minimum atomic E-state index is -0.742. The van der Waals surface area contributed by atoms with E-state index in [4.69, 9.17) is 17.0 Å². The number of nitro benzene ring substituents is 2. The highest BCUT2D eigenvalue weighted by molar-refractivity contribution is 8.26. The average Bonchev–Trinajstić information content (AvgIpc) is 3.08. The second kappa shape index (κ2) is 9.81. The van der Waals surface area contributed by atoms with Gasteiger partial charge < -0.3 is 4.74 Å². The smallest absolute Gasteiger partial charge is 0.318 e. The fourth-order valence-electron chi connectivity index (χ4n) is 3.16. The van der Waals surface area contributed by atoms with E-state index in [2.05, 4.69) is 0 Å². The van der Waals surface area contributed by atoms with Crippen molar-refractivity contribution in [3.05, 3.63) is 109 Å². The molecule has 1 amide bonds. The lowest BCUT2D eigenvalue weighted by atomic mass is 10.2. The van der Waals surface area contributed by atoms with E-state index in [-0.39, 0.29) is 11.7 Å². The zero-order chi connectivity index (χ0) is 24.2. The minimum Gasteiger partial charge on any atom is -0.450 e. The highest BCUT2D eigenvalue weighted by atomic mass is 32.2. The minimum absolute atomic E-state index is 0.120. The van der Waals surface area contributed by atoms with Crippen molar-refractivity contribution >= 4 is 51.7 Å². The summed E-state index contributed by atoms with van der Waals surface area (Å²) in [5.41, 5.74) is 0.770. The molecular weight excluding hydrogens is 478 g/mol. The number of carbonyl (C=O) groups is 1. The standard InChI is InChI=1S/C23H15N3O6S2/c27-22-21(34-23(33)24(22)14-16-4-2-1-3-5-16)12-15-6-9-18(10-7-15)32-20-11-8-17(25(28)29)13-19(20)26(30)31/h1-13H,14H2. The summed E-state index contributed by atoms with van der Waals surface area (Å²) in [7, 11) is 0. The molecule has 0 saturated carbocycles. The van der Waals surface area contributed by atoms with Crippen molar-refractivity contribution < 1.29 is 19.4 Å². The summed E-state index contributed by atoms with van der Waals surface area (Å²) >= 11 is 6.59. The molecule has 1 fully saturated rings. The molecule has 1 heterocycles. The van der Waals surface area contributed by atoms with Crippen LogP contribution in [0.15, 0.2) is 77.7 Å². The van der Waals surface area contributed by atoms with E-state index in [9.17, 15) is 25.0 Å². The van der Waals surface area contributed by atoms with E-state index in [1.165, 1.54) is 17.8 Å². The lowest BCUT2D eigenvalue weighted by Gasteiger charge is -2.14. The number of thioether (sulfide) groups is 1. The van der Waals surface area contributed by atoms with Gasteiger partial charge in [-0.25, -0.2) is 0 Å². The van der Waals surface area contributed by atoms with Gasteiger partial charge in [-0.2, -0.15) is 0 Å². The molecule has 4 rings (SSSR count). The third-order valence-corrected chi connectivity index (χ3v) is 6.19. The van der Waals surface area contributed by atoms with Crippen LogP contribution in [0.1, 0.15) is 11.1 Å². The number of non-ortho nitro benzene ring substituents is 1. The molecule has 11 heteroatoms. The molecule has 1 saturated heterocycles. The Morgan fingerprint density at radius 1 is 0.971 bits per heavy atom. The van der Waals surface area contributed by atoms with Crippen molar-refractivity contribution in [3.63, 3.8) is 0 Å². The van der Waals surface area contributed by atoms with E-state index >= 15 is 0 Å². The first-order valence-corrected chi connectivity index (χ1v) is 11.0. The molecule has 34 heavy (non-hydrogen) atoms. The maximum absolute atomic E-state index is 12.8. The first-order chi connectivity index (χ1) is 16.3. The summed E-state index contributed by atoms with van der Waals surface area (Å²) in [6.45, 7) is 0.393. The van der Waals surface area contributed by atoms with Crippen molar-refractivity contribution in [1.29, 1.82) is 0 Å². The molecule has 3 aromatic carbocycles. The molecule has 1 aliphatic rings. The quantitative estimate of drug-likeness (QED) is 0.178. The summed E-state index contributed by atoms with van der Waals surface area (Å²) < 4.78 is 6.04. The third-order valence-electron chi connectivity index (χ3n) is 4.81. The summed E-state index contributed by atoms with van der Waals surface area (Å²) in [6.07, 6.45) is 1.71. The van der Waals surface area contributed by atoms with Gasteiger partial charge in [-0.3, -0.25) is 29.9 Å². The van der Waals surface area contributed by atoms with Crippen molar-refractivity contribution in [2.24, 2.45) is 0 Å². The summed E-state index contributed by atoms with van der Waals surface area (Å²) in [6, 6.07) is 19.3. The van der Waals surface area contributed by atoms with Gasteiger partial charge >= 0.3 is 5.69 Å². The Balaban J connectivity index is 1.49. The van der Waals surface area contributed by atoms with Gasteiger partial charge in [0.25, 0.3) is 11.6 Å². The first kappa shape index (κ1) is 23.1. The number of nitrogens with zero attached hydrogens (tertiary/aromatic N) is 3. The zero-order valence-electron chi connectivity index (χ0n) is 17.3. The SMILES string of the molecule is O=C1C(=Cc2ccc(Oc3ccc([N+](=O)[O-])cc3[N+](=O)[O-])cc2)SC(=S)N1Cc1ccccc1. The van der Waals surface area contributed by atoms with Gasteiger partial charge in [0.1, 0.15) is 10.1 Å². The normalized spacial score (nSPS) is 14.5. The van der Waals surface area contributed by atoms with Crippen LogP contribution in [0.2, 0.25) is 0 Å². The topological polar surface area (TPSA) is 116 Å². The molecule has 0 unspecified atom stereocenters. The Morgan fingerprint density at radius 3 is 2.32 bits per heavy atom. The van der Waals surface area contributed by atoms with Crippen LogP contribution in [0.4, 0.5) is 11.4 Å². The number of rotatable bonds is 7. The van der Waals surface area contributed by atoms with Crippen molar-refractivity contribution in [2.75, 3.05) is 0 Å². The summed E-state index contributed by atoms with van der Waals surface area (Å²) in [5, 5.41) is 22.2. The van der Waals surface area contributed by atoms with Gasteiger partial charge in [0.15, 0.2) is 0 Å². The van der Waals surface area contributed by atoms with Crippen LogP contribution in [0, 0.1) is 20.2 Å². The molecule has 0 atom stereocenters. The number of hydrogen-bond donors (Lipinski definition) is 0. The number of hydrogen-bond acceptors (Lipinski definition) is 8. The van der Waals surface area contributed by atoms with Crippen LogP contribution in [-0.4, -0.2) is 25.0 Å². The van der Waals surface area contributed by atoms with Gasteiger partial charge in [-0.15, -0.1) is 0 Å². The molecule has 0 spiro atoms. The fourth-order valence-corrected chi connectivity index (χ4v) is 4.42. The van der Waals surface area contributed by atoms with E-state index in [0.29, 0.717) is 27.1 Å². The van der Waals surface area contributed by atoms with E-state index in [1.807, 2.05) is 30.3 Å². The summed E-state index contributed by atoms with van der Waals surface area (Å²) in [5.74, 6) is -0.00320. The Morgan fingerprint density at radius 2 is 1.68 bits per heavy atom. The molecule has 3 aromatic rings. The zero-order valence-corrected chi connectivity index (χ0v) is 19.0. The number of ether oxygens (including phenoxy) is 1. The van der Waals surface area contributed by atoms with Crippen molar-refractivity contribution in [2.45, 2.75) is 6.54 Å². The monoisotopic (exact) mass is 493 g/mol. The molecule has 170 valence electrons. The highest BCUT2D eigenvalue weighted by Gasteiger charge is 2.32. The Kier molecular flexibility index (Phi) is 6.66. The average molecular weight is 494 g/mol. The van der Waals surface area contributed by atoms with Crippen LogP contribution >= 0.6 is 24.0 Å². The first-order valence-electron chi connectivity index (χ1n) is 9.82. The Bertz CT molecular complexity index is 1330. The van der Waals surface area contributed by atoms with Crippen LogP contribution in [0.5, 0.6) is 11.5 Å².